The van der Waals surface area contributed by atoms with Crippen molar-refractivity contribution in [2.45, 2.75) is 27.2 Å². The number of aromatic nitrogens is 2. The normalized spacial score (nSPS) is 11.1. The summed E-state index contributed by atoms with van der Waals surface area (Å²) in [5.74, 6) is -0.806. The van der Waals surface area contributed by atoms with Crippen LogP contribution in [0.3, 0.4) is 0 Å². The Morgan fingerprint density at radius 2 is 1.95 bits per heavy atom. The van der Waals surface area contributed by atoms with E-state index in [0.29, 0.717) is 18.5 Å². The Bertz CT molecular complexity index is 596. The van der Waals surface area contributed by atoms with Crippen LogP contribution in [0.1, 0.15) is 26.3 Å². The van der Waals surface area contributed by atoms with Crippen LogP contribution < -0.4 is 5.32 Å². The summed E-state index contributed by atoms with van der Waals surface area (Å²) in [7, 11) is 0. The van der Waals surface area contributed by atoms with Crippen molar-refractivity contribution in [3.05, 3.63) is 29.3 Å². The number of anilines is 1. The first-order valence-electron chi connectivity index (χ1n) is 6.57. The van der Waals surface area contributed by atoms with Gasteiger partial charge < -0.3 is 9.73 Å². The van der Waals surface area contributed by atoms with Gasteiger partial charge in [0.25, 0.3) is 5.89 Å². The van der Waals surface area contributed by atoms with E-state index >= 15 is 0 Å². The number of benzene rings is 1. The van der Waals surface area contributed by atoms with Gasteiger partial charge >= 0.3 is 6.01 Å². The van der Waals surface area contributed by atoms with Crippen LogP contribution in [0.5, 0.6) is 0 Å². The predicted octanol–water partition coefficient (Wildman–Crippen LogP) is 3.65. The van der Waals surface area contributed by atoms with Gasteiger partial charge in [0.15, 0.2) is 0 Å². The highest BCUT2D eigenvalue weighted by atomic mass is 19.1. The van der Waals surface area contributed by atoms with Gasteiger partial charge in [0.05, 0.1) is 5.56 Å². The number of halogens is 2. The summed E-state index contributed by atoms with van der Waals surface area (Å²) in [6.07, 6.45) is 0.482. The number of rotatable bonds is 5. The third kappa shape index (κ3) is 3.12. The summed E-state index contributed by atoms with van der Waals surface area (Å²) >= 11 is 0. The lowest BCUT2D eigenvalue weighted by molar-refractivity contribution is 0.547. The Labute approximate surface area is 116 Å². The Balaban J connectivity index is 2.34. The molecule has 108 valence electrons. The average molecular weight is 281 g/mol. The molecule has 0 amide bonds. The maximum absolute atomic E-state index is 14.0. The fourth-order valence-electron chi connectivity index (χ4n) is 1.90. The molecule has 0 saturated carbocycles. The third-order valence-electron chi connectivity index (χ3n) is 2.75. The van der Waals surface area contributed by atoms with E-state index in [4.69, 9.17) is 4.42 Å². The minimum Gasteiger partial charge on any atom is -0.403 e. The zero-order valence-electron chi connectivity index (χ0n) is 11.7. The van der Waals surface area contributed by atoms with Crippen LogP contribution in [0.4, 0.5) is 14.8 Å². The zero-order valence-corrected chi connectivity index (χ0v) is 11.7. The molecule has 0 aliphatic heterocycles. The summed E-state index contributed by atoms with van der Waals surface area (Å²) in [4.78, 5) is 0. The van der Waals surface area contributed by atoms with Crippen LogP contribution >= 0.6 is 0 Å². The lowest BCUT2D eigenvalue weighted by Crippen LogP contribution is -2.00. The first-order valence-corrected chi connectivity index (χ1v) is 6.57. The van der Waals surface area contributed by atoms with Crippen LogP contribution in [0.15, 0.2) is 16.5 Å². The molecule has 0 aliphatic rings. The molecule has 1 N–H and O–H groups in total. The van der Waals surface area contributed by atoms with E-state index < -0.39 is 11.6 Å². The van der Waals surface area contributed by atoms with E-state index in [9.17, 15) is 8.78 Å². The minimum atomic E-state index is -0.561. The van der Waals surface area contributed by atoms with Gasteiger partial charge in [0.2, 0.25) is 0 Å². The highest BCUT2D eigenvalue weighted by Crippen LogP contribution is 2.26. The highest BCUT2D eigenvalue weighted by molar-refractivity contribution is 5.55. The molecule has 0 fully saturated rings. The van der Waals surface area contributed by atoms with Gasteiger partial charge in [0.1, 0.15) is 11.6 Å². The molecule has 1 aromatic carbocycles. The summed E-state index contributed by atoms with van der Waals surface area (Å²) in [5.41, 5.74) is 0.333. The van der Waals surface area contributed by atoms with Gasteiger partial charge in [-0.25, -0.2) is 8.78 Å². The van der Waals surface area contributed by atoms with Crippen molar-refractivity contribution in [1.82, 2.24) is 10.2 Å². The Hall–Kier alpha value is -1.98. The number of nitrogens with one attached hydrogen (secondary N) is 1. The molecule has 0 radical (unpaired) electrons. The summed E-state index contributed by atoms with van der Waals surface area (Å²) in [6, 6.07) is 2.49. The zero-order chi connectivity index (χ0) is 14.7. The van der Waals surface area contributed by atoms with E-state index in [1.165, 1.54) is 6.07 Å². The van der Waals surface area contributed by atoms with Gasteiger partial charge in [-0.1, -0.05) is 18.9 Å². The van der Waals surface area contributed by atoms with E-state index in [-0.39, 0.29) is 23.4 Å². The van der Waals surface area contributed by atoms with Gasteiger partial charge in [-0.3, -0.25) is 0 Å². The summed E-state index contributed by atoms with van der Waals surface area (Å²) in [5, 5.41) is 10.2. The molecule has 0 saturated heterocycles. The van der Waals surface area contributed by atoms with Crippen molar-refractivity contribution in [2.24, 2.45) is 5.92 Å². The van der Waals surface area contributed by atoms with Crippen molar-refractivity contribution in [2.75, 3.05) is 11.9 Å². The van der Waals surface area contributed by atoms with E-state index in [1.807, 2.05) is 20.8 Å². The largest absolute Gasteiger partial charge is 0.403 e. The predicted molar refractivity (Wildman–Crippen MR) is 72.4 cm³/mol. The van der Waals surface area contributed by atoms with Gasteiger partial charge in [-0.2, -0.15) is 0 Å². The minimum absolute atomic E-state index is 0.0216. The summed E-state index contributed by atoms with van der Waals surface area (Å²) < 4.78 is 33.2. The second-order valence-corrected chi connectivity index (χ2v) is 4.96. The first kappa shape index (κ1) is 14.4. The summed E-state index contributed by atoms with van der Waals surface area (Å²) in [6.45, 7) is 6.37. The molecule has 2 rings (SSSR count). The average Bonchev–Trinajstić information content (AvgIpc) is 2.81. The van der Waals surface area contributed by atoms with Crippen molar-refractivity contribution in [3.63, 3.8) is 0 Å². The molecule has 2 aromatic rings. The molecule has 20 heavy (non-hydrogen) atoms. The molecular formula is C14H17F2N3O. The Morgan fingerprint density at radius 1 is 1.20 bits per heavy atom. The Kier molecular flexibility index (Phi) is 4.32. The quantitative estimate of drug-likeness (QED) is 0.909. The molecule has 0 spiro atoms. The molecule has 0 aliphatic carbocycles. The third-order valence-corrected chi connectivity index (χ3v) is 2.75. The first-order chi connectivity index (χ1) is 9.51. The lowest BCUT2D eigenvalue weighted by atomic mass is 10.0. The van der Waals surface area contributed by atoms with Crippen LogP contribution in [0.2, 0.25) is 0 Å². The van der Waals surface area contributed by atoms with Gasteiger partial charge in [-0.15, -0.1) is 5.10 Å². The fourth-order valence-corrected chi connectivity index (χ4v) is 1.90. The topological polar surface area (TPSA) is 51.0 Å². The SMILES string of the molecule is CCNc1nnc(-c2cc(F)c(CC(C)C)cc2F)o1. The molecule has 6 heteroatoms. The van der Waals surface area contributed by atoms with Crippen molar-refractivity contribution < 1.29 is 13.2 Å². The standard InChI is InChI=1S/C14H17F2N3O/c1-4-17-14-19-18-13(20-14)10-7-11(15)9(5-8(2)3)6-12(10)16/h6-8H,4-5H2,1-3H3,(H,17,19). The van der Waals surface area contributed by atoms with Crippen molar-refractivity contribution in [3.8, 4) is 11.5 Å². The fraction of sp³-hybridized carbons (Fsp3) is 0.429. The second kappa shape index (κ2) is 5.98. The molecule has 1 aromatic heterocycles. The number of hydrogen-bond donors (Lipinski definition) is 1. The van der Waals surface area contributed by atoms with E-state index in [2.05, 4.69) is 15.5 Å². The van der Waals surface area contributed by atoms with E-state index in [0.717, 1.165) is 6.07 Å². The molecule has 0 atom stereocenters. The smallest absolute Gasteiger partial charge is 0.315 e. The van der Waals surface area contributed by atoms with E-state index in [1.54, 1.807) is 0 Å². The number of hydrogen-bond acceptors (Lipinski definition) is 4. The number of nitrogens with zero attached hydrogens (tertiary/aromatic N) is 2. The molecule has 0 unspecified atom stereocenters. The van der Waals surface area contributed by atoms with Crippen LogP contribution in [-0.4, -0.2) is 16.7 Å². The Morgan fingerprint density at radius 3 is 2.60 bits per heavy atom. The van der Waals surface area contributed by atoms with Crippen molar-refractivity contribution >= 4 is 6.01 Å². The highest BCUT2D eigenvalue weighted by Gasteiger charge is 2.17. The molecular weight excluding hydrogens is 264 g/mol. The van der Waals surface area contributed by atoms with Crippen molar-refractivity contribution in [1.29, 1.82) is 0 Å². The van der Waals surface area contributed by atoms with Crippen LogP contribution in [-0.2, 0) is 6.42 Å². The van der Waals surface area contributed by atoms with Gasteiger partial charge in [0, 0.05) is 6.54 Å². The monoisotopic (exact) mass is 281 g/mol. The lowest BCUT2D eigenvalue weighted by Gasteiger charge is -2.08. The van der Waals surface area contributed by atoms with Crippen LogP contribution in [0, 0.1) is 17.6 Å². The second-order valence-electron chi connectivity index (χ2n) is 4.96. The molecule has 4 nitrogen and oxygen atoms in total. The molecule has 1 heterocycles. The van der Waals surface area contributed by atoms with Crippen LogP contribution in [0.25, 0.3) is 11.5 Å². The van der Waals surface area contributed by atoms with Gasteiger partial charge in [-0.05, 0) is 37.0 Å². The maximum atomic E-state index is 14.0. The molecule has 0 bridgehead atoms. The maximum Gasteiger partial charge on any atom is 0.315 e.